The minimum Gasteiger partial charge on any atom is -0.423 e. The molecule has 1 aromatic rings. The van der Waals surface area contributed by atoms with Crippen LogP contribution in [0.5, 0.6) is 5.75 Å². The van der Waals surface area contributed by atoms with E-state index >= 15 is 0 Å². The number of ether oxygens (including phenoxy) is 2. The minimum absolute atomic E-state index is 0.0983. The number of unbranched alkanes of at least 4 members (excludes halogenated alkanes) is 15. The van der Waals surface area contributed by atoms with Crippen molar-refractivity contribution in [2.45, 2.75) is 116 Å². The predicted octanol–water partition coefficient (Wildman–Crippen LogP) is 7.49. The minimum atomic E-state index is -3.62. The van der Waals surface area contributed by atoms with Crippen molar-refractivity contribution in [2.75, 3.05) is 39.3 Å². The van der Waals surface area contributed by atoms with Crippen LogP contribution in [0.3, 0.4) is 0 Å². The third kappa shape index (κ3) is 15.3. The second kappa shape index (κ2) is 22.9. The maximum absolute atomic E-state index is 13.5. The molecule has 2 unspecified atom stereocenters. The zero-order chi connectivity index (χ0) is 32.7. The van der Waals surface area contributed by atoms with E-state index in [4.69, 9.17) is 24.3 Å². The summed E-state index contributed by atoms with van der Waals surface area (Å²) < 4.78 is 36.4. The van der Waals surface area contributed by atoms with Crippen LogP contribution in [0.2, 0.25) is 0 Å². The van der Waals surface area contributed by atoms with Gasteiger partial charge in [0.25, 0.3) is 5.91 Å². The van der Waals surface area contributed by atoms with Gasteiger partial charge in [-0.2, -0.15) is 9.98 Å². The average molecular weight is 662 g/mol. The van der Waals surface area contributed by atoms with Crippen LogP contribution >= 0.6 is 7.60 Å². The van der Waals surface area contributed by atoms with Crippen molar-refractivity contribution in [3.05, 3.63) is 30.3 Å². The third-order valence-electron chi connectivity index (χ3n) is 7.95. The molecular weight excluding hydrogens is 605 g/mol. The number of para-hydroxylation sites is 1. The van der Waals surface area contributed by atoms with Crippen molar-refractivity contribution < 1.29 is 27.9 Å². The Morgan fingerprint density at radius 2 is 1.37 bits per heavy atom. The van der Waals surface area contributed by atoms with Crippen LogP contribution in [0.4, 0.5) is 0 Å². The Balaban J connectivity index is 1.21. The van der Waals surface area contributed by atoms with Crippen LogP contribution in [0.15, 0.2) is 45.3 Å². The zero-order valence-corrected chi connectivity index (χ0v) is 28.8. The largest absolute Gasteiger partial charge is 0.423 e. The molecular formula is C34H56N5O6P. The summed E-state index contributed by atoms with van der Waals surface area (Å²) in [7, 11) is -3.62. The highest BCUT2D eigenvalue weighted by Crippen LogP contribution is 2.48. The quantitative estimate of drug-likeness (QED) is 0.0720. The first-order chi connectivity index (χ1) is 22.5. The van der Waals surface area contributed by atoms with Gasteiger partial charge in [-0.15, -0.1) is 0 Å². The predicted molar refractivity (Wildman–Crippen MR) is 185 cm³/mol. The molecule has 0 spiro atoms. The molecule has 2 heterocycles. The highest BCUT2D eigenvalue weighted by atomic mass is 31.2. The molecule has 0 aliphatic carbocycles. The van der Waals surface area contributed by atoms with E-state index in [-0.39, 0.29) is 25.5 Å². The molecule has 2 aliphatic heterocycles. The SMILES string of the molecule is CCCCCCCCCCCCCCCCCCOCCOP(=O)(COCCN1C=NC2C(=O)N=C(N)N=C21)Oc1ccccc1. The Hall–Kier alpha value is -2.59. The Kier molecular flexibility index (Phi) is 18.8. The Bertz CT molecular complexity index is 1130. The number of nitrogens with zero attached hydrogens (tertiary/aromatic N) is 4. The number of hydrogen-bond donors (Lipinski definition) is 1. The molecule has 2 aliphatic rings. The lowest BCUT2D eigenvalue weighted by Crippen LogP contribution is -2.41. The van der Waals surface area contributed by atoms with Crippen molar-refractivity contribution in [2.24, 2.45) is 20.7 Å². The van der Waals surface area contributed by atoms with E-state index in [9.17, 15) is 9.36 Å². The van der Waals surface area contributed by atoms with Gasteiger partial charge in [-0.05, 0) is 18.6 Å². The van der Waals surface area contributed by atoms with E-state index in [0.717, 1.165) is 12.8 Å². The van der Waals surface area contributed by atoms with Crippen molar-refractivity contribution in [1.82, 2.24) is 4.90 Å². The van der Waals surface area contributed by atoms with Crippen molar-refractivity contribution in [1.29, 1.82) is 0 Å². The number of fused-ring (bicyclic) bond motifs is 1. The fraction of sp³-hybridized carbons (Fsp3) is 0.706. The molecule has 0 fully saturated rings. The maximum Gasteiger partial charge on any atom is 0.404 e. The molecule has 0 saturated carbocycles. The number of guanidine groups is 1. The molecule has 11 nitrogen and oxygen atoms in total. The summed E-state index contributed by atoms with van der Waals surface area (Å²) in [5.41, 5.74) is 5.62. The monoisotopic (exact) mass is 661 g/mol. The molecule has 0 aromatic heterocycles. The number of benzene rings is 1. The van der Waals surface area contributed by atoms with Gasteiger partial charge in [-0.1, -0.05) is 121 Å². The maximum atomic E-state index is 13.5. The first-order valence-electron chi connectivity index (χ1n) is 17.4. The molecule has 2 N–H and O–H groups in total. The van der Waals surface area contributed by atoms with Crippen LogP contribution < -0.4 is 10.3 Å². The fourth-order valence-corrected chi connectivity index (χ4v) is 6.71. The van der Waals surface area contributed by atoms with Gasteiger partial charge in [0.05, 0.1) is 26.2 Å². The highest BCUT2D eigenvalue weighted by molar-refractivity contribution is 7.54. The Morgan fingerprint density at radius 1 is 0.761 bits per heavy atom. The average Bonchev–Trinajstić information content (AvgIpc) is 3.45. The van der Waals surface area contributed by atoms with Gasteiger partial charge in [-0.3, -0.25) is 14.3 Å². The first kappa shape index (κ1) is 37.9. The summed E-state index contributed by atoms with van der Waals surface area (Å²) in [6, 6.07) is 8.10. The van der Waals surface area contributed by atoms with Gasteiger partial charge in [0.2, 0.25) is 5.96 Å². The van der Waals surface area contributed by atoms with E-state index in [2.05, 4.69) is 21.9 Å². The summed E-state index contributed by atoms with van der Waals surface area (Å²) in [6.07, 6.45) is 22.6. The van der Waals surface area contributed by atoms with E-state index in [0.29, 0.717) is 31.3 Å². The van der Waals surface area contributed by atoms with Gasteiger partial charge >= 0.3 is 7.60 Å². The molecule has 0 saturated heterocycles. The van der Waals surface area contributed by atoms with Crippen LogP contribution in [0, 0.1) is 0 Å². The number of amides is 1. The second-order valence-corrected chi connectivity index (χ2v) is 13.9. The summed E-state index contributed by atoms with van der Waals surface area (Å²) in [5, 5.41) is 0. The number of hydrogen-bond acceptors (Lipinski definition) is 10. The van der Waals surface area contributed by atoms with E-state index in [1.165, 1.54) is 96.2 Å². The van der Waals surface area contributed by atoms with Crippen molar-refractivity contribution in [3.63, 3.8) is 0 Å². The second-order valence-electron chi connectivity index (χ2n) is 11.9. The highest BCUT2D eigenvalue weighted by Gasteiger charge is 2.35. The van der Waals surface area contributed by atoms with Gasteiger partial charge < -0.3 is 24.6 Å². The number of carbonyl (C=O) groups is 1. The Morgan fingerprint density at radius 3 is 2.00 bits per heavy atom. The molecule has 0 radical (unpaired) electrons. The van der Waals surface area contributed by atoms with Gasteiger partial charge in [-0.25, -0.2) is 4.57 Å². The zero-order valence-electron chi connectivity index (χ0n) is 27.9. The summed E-state index contributed by atoms with van der Waals surface area (Å²) >= 11 is 0. The molecule has 3 rings (SSSR count). The van der Waals surface area contributed by atoms with E-state index in [1.807, 2.05) is 6.07 Å². The topological polar surface area (TPSA) is 137 Å². The Labute approximate surface area is 276 Å². The standard InChI is InChI=1S/C34H56N5O6P/c1-2-3-4-5-6-7-8-9-10-11-12-13-14-15-16-20-24-42-26-27-44-46(41,45-30-21-18-17-19-22-30)29-43-25-23-39-28-36-31-32(39)37-34(35)38-33(31)40/h17-19,21-22,28,31H,2-16,20,23-27,29H2,1H3,(H2,35,38,40). The lowest BCUT2D eigenvalue weighted by atomic mass is 10.0. The molecule has 12 heteroatoms. The van der Waals surface area contributed by atoms with Crippen LogP contribution in [0.1, 0.15) is 110 Å². The number of nitrogens with two attached hydrogens (primary N) is 1. The fourth-order valence-electron chi connectivity index (χ4n) is 5.38. The molecule has 46 heavy (non-hydrogen) atoms. The summed E-state index contributed by atoms with van der Waals surface area (Å²) in [6.45, 7) is 3.88. The lowest BCUT2D eigenvalue weighted by molar-refractivity contribution is -0.117. The molecule has 258 valence electrons. The number of rotatable bonds is 28. The molecule has 2 atom stereocenters. The number of aliphatic imine (C=N–C) groups is 3. The van der Waals surface area contributed by atoms with Gasteiger partial charge in [0, 0.05) is 13.2 Å². The number of amidine groups is 1. The number of carbonyl (C=O) groups excluding carboxylic acids is 1. The van der Waals surface area contributed by atoms with E-state index < -0.39 is 19.5 Å². The molecule has 1 amide bonds. The van der Waals surface area contributed by atoms with Crippen molar-refractivity contribution >= 4 is 31.6 Å². The summed E-state index contributed by atoms with van der Waals surface area (Å²) in [4.78, 5) is 25.5. The summed E-state index contributed by atoms with van der Waals surface area (Å²) in [5.74, 6) is 0.289. The van der Waals surface area contributed by atoms with Crippen LogP contribution in [-0.2, 0) is 23.4 Å². The van der Waals surface area contributed by atoms with Crippen LogP contribution in [0.25, 0.3) is 0 Å². The normalized spacial score (nSPS) is 17.1. The lowest BCUT2D eigenvalue weighted by Gasteiger charge is -2.21. The molecule has 0 bridgehead atoms. The van der Waals surface area contributed by atoms with E-state index in [1.54, 1.807) is 29.2 Å². The van der Waals surface area contributed by atoms with Gasteiger partial charge in [0.15, 0.2) is 12.4 Å². The smallest absolute Gasteiger partial charge is 0.404 e. The van der Waals surface area contributed by atoms with Crippen molar-refractivity contribution in [3.8, 4) is 5.75 Å². The van der Waals surface area contributed by atoms with Gasteiger partial charge in [0.1, 0.15) is 11.6 Å². The van der Waals surface area contributed by atoms with Crippen LogP contribution in [-0.4, -0.2) is 74.3 Å². The third-order valence-corrected chi connectivity index (χ3v) is 9.52. The molecule has 1 aromatic carbocycles. The first-order valence-corrected chi connectivity index (χ1v) is 19.1.